The van der Waals surface area contributed by atoms with Crippen LogP contribution in [0.1, 0.15) is 26.7 Å². The van der Waals surface area contributed by atoms with Crippen LogP contribution in [0.2, 0.25) is 0 Å². The van der Waals surface area contributed by atoms with E-state index in [9.17, 15) is 9.59 Å². The molecule has 3 heteroatoms. The van der Waals surface area contributed by atoms with Crippen LogP contribution in [-0.2, 0) is 14.3 Å². The molecule has 3 aliphatic carbocycles. The molecule has 2 fully saturated rings. The lowest BCUT2D eigenvalue weighted by molar-refractivity contribution is -0.161. The van der Waals surface area contributed by atoms with Gasteiger partial charge in [0.1, 0.15) is 5.78 Å². The zero-order chi connectivity index (χ0) is 12.4. The number of fused-ring (bicyclic) bond motifs is 5. The van der Waals surface area contributed by atoms with Crippen molar-refractivity contribution in [2.75, 3.05) is 7.11 Å². The number of carbonyl (C=O) groups excluding carboxylic acids is 2. The van der Waals surface area contributed by atoms with E-state index in [0.29, 0.717) is 6.42 Å². The molecule has 92 valence electrons. The van der Waals surface area contributed by atoms with Crippen molar-refractivity contribution < 1.29 is 14.3 Å². The summed E-state index contributed by atoms with van der Waals surface area (Å²) in [6.45, 7) is 4.13. The summed E-state index contributed by atoms with van der Waals surface area (Å²) in [7, 11) is 1.43. The van der Waals surface area contributed by atoms with E-state index in [1.807, 2.05) is 6.92 Å². The lowest BCUT2D eigenvalue weighted by Crippen LogP contribution is -2.46. The lowest BCUT2D eigenvalue weighted by atomic mass is 9.63. The van der Waals surface area contributed by atoms with Crippen LogP contribution in [0, 0.1) is 28.6 Å². The lowest BCUT2D eigenvalue weighted by Gasteiger charge is -2.38. The van der Waals surface area contributed by atoms with Gasteiger partial charge >= 0.3 is 5.97 Å². The number of allylic oxidation sites excluding steroid dienone is 2. The third-order valence-electron chi connectivity index (χ3n) is 5.30. The number of hydrogen-bond acceptors (Lipinski definition) is 3. The Morgan fingerprint density at radius 3 is 2.88 bits per heavy atom. The fourth-order valence-electron chi connectivity index (χ4n) is 4.77. The summed E-state index contributed by atoms with van der Waals surface area (Å²) in [5.74, 6) is 0.194. The summed E-state index contributed by atoms with van der Waals surface area (Å²) in [6, 6.07) is 0. The molecule has 3 aliphatic rings. The number of hydrogen-bond donors (Lipinski definition) is 0. The highest BCUT2D eigenvalue weighted by molar-refractivity contribution is 5.96. The SMILES string of the molecule is COC(=O)[C@@]12[C@H](C)CC(=O)[C@@H]1[C@]1(C)C=C[C@H]2C1. The van der Waals surface area contributed by atoms with Gasteiger partial charge in [-0.1, -0.05) is 26.0 Å². The standard InChI is InChI=1S/C14H18O3/c1-8-6-10(15)11-13(2)5-4-9(7-13)14(8,11)12(16)17-3/h4-5,8-9,11H,6-7H2,1-3H3/t8-,9+,11-,13-,14-/m1/s1. The van der Waals surface area contributed by atoms with Crippen molar-refractivity contribution in [3.05, 3.63) is 12.2 Å². The second-order valence-electron chi connectivity index (χ2n) is 6.10. The molecular weight excluding hydrogens is 216 g/mol. The zero-order valence-electron chi connectivity index (χ0n) is 10.5. The quantitative estimate of drug-likeness (QED) is 0.514. The van der Waals surface area contributed by atoms with E-state index >= 15 is 0 Å². The van der Waals surface area contributed by atoms with E-state index in [2.05, 4.69) is 19.1 Å². The molecule has 3 rings (SSSR count). The Labute approximate surface area is 101 Å². The van der Waals surface area contributed by atoms with Crippen LogP contribution in [0.3, 0.4) is 0 Å². The molecular formula is C14H18O3. The first-order valence-corrected chi connectivity index (χ1v) is 6.27. The second-order valence-corrected chi connectivity index (χ2v) is 6.10. The van der Waals surface area contributed by atoms with Gasteiger partial charge in [0.25, 0.3) is 0 Å². The molecule has 0 N–H and O–H groups in total. The van der Waals surface area contributed by atoms with Crippen molar-refractivity contribution in [2.45, 2.75) is 26.7 Å². The minimum absolute atomic E-state index is 0.101. The van der Waals surface area contributed by atoms with Gasteiger partial charge in [0, 0.05) is 12.3 Å². The summed E-state index contributed by atoms with van der Waals surface area (Å²) >= 11 is 0. The molecule has 0 heterocycles. The van der Waals surface area contributed by atoms with Crippen LogP contribution in [0.5, 0.6) is 0 Å². The first kappa shape index (κ1) is 11.0. The molecule has 0 aliphatic heterocycles. The Morgan fingerprint density at radius 2 is 2.24 bits per heavy atom. The topological polar surface area (TPSA) is 43.4 Å². The zero-order valence-corrected chi connectivity index (χ0v) is 10.5. The summed E-state index contributed by atoms with van der Waals surface area (Å²) < 4.78 is 5.03. The molecule has 5 atom stereocenters. The van der Waals surface area contributed by atoms with Gasteiger partial charge in [-0.05, 0) is 23.7 Å². The van der Waals surface area contributed by atoms with Gasteiger partial charge in [-0.15, -0.1) is 0 Å². The Hall–Kier alpha value is -1.12. The number of esters is 1. The Bertz CT molecular complexity index is 439. The maximum absolute atomic E-state index is 12.3. The summed E-state index contributed by atoms with van der Waals surface area (Å²) in [6.07, 6.45) is 5.71. The Morgan fingerprint density at radius 1 is 1.53 bits per heavy atom. The molecule has 0 spiro atoms. The average Bonchev–Trinajstić information content (AvgIpc) is 2.86. The van der Waals surface area contributed by atoms with E-state index in [1.165, 1.54) is 7.11 Å². The minimum atomic E-state index is -0.574. The third kappa shape index (κ3) is 0.992. The van der Waals surface area contributed by atoms with Crippen molar-refractivity contribution >= 4 is 11.8 Å². The number of ketones is 1. The molecule has 2 bridgehead atoms. The largest absolute Gasteiger partial charge is 0.469 e. The minimum Gasteiger partial charge on any atom is -0.469 e. The fraction of sp³-hybridized carbons (Fsp3) is 0.714. The predicted octanol–water partition coefficient (Wildman–Crippen LogP) is 1.97. The van der Waals surface area contributed by atoms with Crippen LogP contribution in [0.15, 0.2) is 12.2 Å². The van der Waals surface area contributed by atoms with E-state index < -0.39 is 5.41 Å². The van der Waals surface area contributed by atoms with E-state index in [1.54, 1.807) is 0 Å². The van der Waals surface area contributed by atoms with Crippen molar-refractivity contribution in [1.29, 1.82) is 0 Å². The van der Waals surface area contributed by atoms with Gasteiger partial charge in [0.2, 0.25) is 0 Å². The molecule has 0 aromatic carbocycles. The second kappa shape index (κ2) is 3.01. The molecule has 0 aromatic rings. The number of methoxy groups -OCH3 is 1. The maximum Gasteiger partial charge on any atom is 0.313 e. The number of Topliss-reactive ketones (excluding diaryl/α,β-unsaturated/α-hetero) is 1. The molecule has 0 aromatic heterocycles. The van der Waals surface area contributed by atoms with Crippen molar-refractivity contribution in [1.82, 2.24) is 0 Å². The molecule has 17 heavy (non-hydrogen) atoms. The van der Waals surface area contributed by atoms with Gasteiger partial charge in [-0.25, -0.2) is 0 Å². The van der Waals surface area contributed by atoms with Crippen LogP contribution < -0.4 is 0 Å². The summed E-state index contributed by atoms with van der Waals surface area (Å²) in [5.41, 5.74) is -0.698. The average molecular weight is 234 g/mol. The normalized spacial score (nSPS) is 50.8. The summed E-state index contributed by atoms with van der Waals surface area (Å²) in [4.78, 5) is 24.5. The van der Waals surface area contributed by atoms with Crippen molar-refractivity contribution in [2.24, 2.45) is 28.6 Å². The fourth-order valence-corrected chi connectivity index (χ4v) is 4.77. The number of ether oxygens (including phenoxy) is 1. The van der Waals surface area contributed by atoms with Crippen LogP contribution in [-0.4, -0.2) is 18.9 Å². The summed E-state index contributed by atoms with van der Waals surface area (Å²) in [5, 5.41) is 0. The van der Waals surface area contributed by atoms with Crippen LogP contribution in [0.4, 0.5) is 0 Å². The molecule has 0 amide bonds. The third-order valence-corrected chi connectivity index (χ3v) is 5.30. The Balaban J connectivity index is 2.19. The van der Waals surface area contributed by atoms with Crippen molar-refractivity contribution in [3.63, 3.8) is 0 Å². The van der Waals surface area contributed by atoms with Gasteiger partial charge < -0.3 is 4.74 Å². The molecule has 3 nitrogen and oxygen atoms in total. The highest BCUT2D eigenvalue weighted by atomic mass is 16.5. The highest BCUT2D eigenvalue weighted by Crippen LogP contribution is 2.69. The monoisotopic (exact) mass is 234 g/mol. The molecule has 0 saturated heterocycles. The first-order valence-electron chi connectivity index (χ1n) is 6.27. The molecule has 0 unspecified atom stereocenters. The first-order chi connectivity index (χ1) is 7.96. The van der Waals surface area contributed by atoms with Gasteiger partial charge in [0.15, 0.2) is 0 Å². The smallest absolute Gasteiger partial charge is 0.313 e. The van der Waals surface area contributed by atoms with Crippen LogP contribution in [0.25, 0.3) is 0 Å². The van der Waals surface area contributed by atoms with Gasteiger partial charge in [0.05, 0.1) is 12.5 Å². The van der Waals surface area contributed by atoms with E-state index in [0.717, 1.165) is 6.42 Å². The van der Waals surface area contributed by atoms with E-state index in [-0.39, 0.29) is 34.9 Å². The Kier molecular flexibility index (Phi) is 1.94. The van der Waals surface area contributed by atoms with Gasteiger partial charge in [-0.3, -0.25) is 9.59 Å². The van der Waals surface area contributed by atoms with E-state index in [4.69, 9.17) is 4.74 Å². The maximum atomic E-state index is 12.3. The highest BCUT2D eigenvalue weighted by Gasteiger charge is 2.72. The van der Waals surface area contributed by atoms with Gasteiger partial charge in [-0.2, -0.15) is 0 Å². The predicted molar refractivity (Wildman–Crippen MR) is 62.1 cm³/mol. The van der Waals surface area contributed by atoms with Crippen molar-refractivity contribution in [3.8, 4) is 0 Å². The van der Waals surface area contributed by atoms with Crippen LogP contribution >= 0.6 is 0 Å². The number of carbonyl (C=O) groups is 2. The molecule has 0 radical (unpaired) electrons. The molecule has 2 saturated carbocycles. The number of rotatable bonds is 1.